The van der Waals surface area contributed by atoms with E-state index in [1.54, 1.807) is 91.1 Å². The number of rotatable bonds is 16. The van der Waals surface area contributed by atoms with Gasteiger partial charge in [-0.2, -0.15) is 0 Å². The van der Waals surface area contributed by atoms with Crippen LogP contribution >= 0.6 is 0 Å². The number of aromatic nitrogens is 1. The van der Waals surface area contributed by atoms with Crippen LogP contribution in [0.15, 0.2) is 70.9 Å². The number of likely N-dealkylation sites (tertiary alicyclic amines) is 1. The van der Waals surface area contributed by atoms with Crippen LogP contribution in [0.4, 0.5) is 0 Å². The van der Waals surface area contributed by atoms with Crippen LogP contribution in [-0.4, -0.2) is 99.2 Å². The lowest BCUT2D eigenvalue weighted by Gasteiger charge is -2.55. The average molecular weight is 684 g/mol. The summed E-state index contributed by atoms with van der Waals surface area (Å²) < 4.78 is 16.3. The number of hydrogen-bond donors (Lipinski definition) is 4. The van der Waals surface area contributed by atoms with E-state index in [4.69, 9.17) is 13.9 Å². The number of hydrogen-bond acceptors (Lipinski definition) is 10. The quantitative estimate of drug-likeness (QED) is 0.150. The molecule has 2 saturated heterocycles. The molecule has 0 saturated carbocycles. The van der Waals surface area contributed by atoms with Crippen molar-refractivity contribution in [1.82, 2.24) is 15.2 Å². The Morgan fingerprint density at radius 1 is 1.16 bits per heavy atom. The molecule has 4 N–H and O–H groups in total. The maximum absolute atomic E-state index is 12.9. The number of carbonyl (C=O) groups excluding carboxylic acids is 3. The molecule has 3 heterocycles. The Hall–Kier alpha value is -3.84. The zero-order valence-corrected chi connectivity index (χ0v) is 30.0. The molecule has 49 heavy (non-hydrogen) atoms. The molecule has 0 bridgehead atoms. The lowest BCUT2D eigenvalue weighted by atomic mass is 9.65. The van der Waals surface area contributed by atoms with Gasteiger partial charge < -0.3 is 39.4 Å². The average Bonchev–Trinajstić information content (AvgIpc) is 3.55. The van der Waals surface area contributed by atoms with Crippen molar-refractivity contribution in [3.05, 3.63) is 78.1 Å². The third-order valence-electron chi connectivity index (χ3n) is 9.97. The number of nitrogens with one attached hydrogen (secondary N) is 1. The van der Waals surface area contributed by atoms with E-state index in [1.165, 1.54) is 19.1 Å². The predicted octanol–water partition coefficient (Wildman–Crippen LogP) is 3.13. The monoisotopic (exact) mass is 683 g/mol. The highest BCUT2D eigenvalue weighted by molar-refractivity contribution is 5.99. The fraction of sp³-hybridized carbons (Fsp3) is 0.568. The Kier molecular flexibility index (Phi) is 13.1. The molecule has 2 aliphatic heterocycles. The summed E-state index contributed by atoms with van der Waals surface area (Å²) >= 11 is 0. The molecular weight excluding hydrogens is 630 g/mol. The van der Waals surface area contributed by atoms with Gasteiger partial charge in [0, 0.05) is 34.0 Å². The minimum Gasteiger partial charge on any atom is -0.457 e. The van der Waals surface area contributed by atoms with Crippen molar-refractivity contribution >= 4 is 17.8 Å². The van der Waals surface area contributed by atoms with Crippen LogP contribution < -0.4 is 5.32 Å². The van der Waals surface area contributed by atoms with Crippen molar-refractivity contribution < 1.29 is 43.6 Å². The van der Waals surface area contributed by atoms with Crippen molar-refractivity contribution in [3.8, 4) is 0 Å². The summed E-state index contributed by atoms with van der Waals surface area (Å²) in [6.45, 7) is 12.1. The van der Waals surface area contributed by atoms with E-state index in [0.717, 1.165) is 5.76 Å². The number of allylic oxidation sites excluding steroid dienone is 7. The van der Waals surface area contributed by atoms with Crippen LogP contribution in [0.2, 0.25) is 0 Å². The van der Waals surface area contributed by atoms with Gasteiger partial charge in [-0.1, -0.05) is 68.5 Å². The molecule has 0 radical (unpaired) electrons. The zero-order valence-electron chi connectivity index (χ0n) is 30.0. The van der Waals surface area contributed by atoms with Crippen LogP contribution in [0.5, 0.6) is 0 Å². The molecule has 2 fully saturated rings. The number of carbonyl (C=O) groups is 3. The normalized spacial score (nSPS) is 27.4. The summed E-state index contributed by atoms with van der Waals surface area (Å²) in [5.41, 5.74) is -3.88. The van der Waals surface area contributed by atoms with Crippen LogP contribution in [0.3, 0.4) is 0 Å². The number of amides is 2. The first-order valence-electron chi connectivity index (χ1n) is 16.6. The highest BCUT2D eigenvalue weighted by Gasteiger charge is 2.80. The molecule has 2 amide bonds. The predicted molar refractivity (Wildman–Crippen MR) is 184 cm³/mol. The van der Waals surface area contributed by atoms with E-state index >= 15 is 0 Å². The molecular formula is C37H53N3O9. The van der Waals surface area contributed by atoms with Crippen molar-refractivity contribution in [2.24, 2.45) is 17.3 Å². The van der Waals surface area contributed by atoms with Crippen LogP contribution in [0, 0.1) is 24.2 Å². The minimum absolute atomic E-state index is 0.159. The van der Waals surface area contributed by atoms with Crippen molar-refractivity contribution in [2.45, 2.75) is 96.9 Å². The van der Waals surface area contributed by atoms with Gasteiger partial charge in [-0.05, 0) is 45.6 Å². The Morgan fingerprint density at radius 2 is 1.84 bits per heavy atom. The summed E-state index contributed by atoms with van der Waals surface area (Å²) in [6, 6.07) is 0. The van der Waals surface area contributed by atoms with E-state index in [9.17, 15) is 29.7 Å². The maximum atomic E-state index is 12.9. The van der Waals surface area contributed by atoms with Crippen LogP contribution in [0.25, 0.3) is 0 Å². The lowest BCUT2D eigenvalue weighted by Crippen LogP contribution is -2.80. The molecule has 0 aliphatic carbocycles. The zero-order chi connectivity index (χ0) is 36.7. The first-order chi connectivity index (χ1) is 23.0. The topological polar surface area (TPSA) is 172 Å². The molecule has 1 spiro atoms. The van der Waals surface area contributed by atoms with E-state index in [0.29, 0.717) is 17.9 Å². The number of aliphatic hydroxyl groups excluding tert-OH is 2. The number of nitrogens with zero attached hydrogens (tertiary/aromatic N) is 2. The second-order valence-electron chi connectivity index (χ2n) is 13.6. The molecule has 1 aromatic heterocycles. The first-order valence-corrected chi connectivity index (χ1v) is 16.6. The molecule has 270 valence electrons. The van der Waals surface area contributed by atoms with E-state index < -0.39 is 58.8 Å². The van der Waals surface area contributed by atoms with Gasteiger partial charge in [0.15, 0.2) is 5.89 Å². The number of oxazole rings is 1. The van der Waals surface area contributed by atoms with Crippen molar-refractivity contribution in [2.75, 3.05) is 20.7 Å². The van der Waals surface area contributed by atoms with Crippen molar-refractivity contribution in [1.29, 1.82) is 0 Å². The van der Waals surface area contributed by atoms with Crippen LogP contribution in [0.1, 0.15) is 59.6 Å². The second kappa shape index (κ2) is 16.2. The van der Waals surface area contributed by atoms with E-state index in [-0.39, 0.29) is 24.8 Å². The van der Waals surface area contributed by atoms with Gasteiger partial charge in [0.2, 0.25) is 17.4 Å². The fourth-order valence-electron chi connectivity index (χ4n) is 6.76. The summed E-state index contributed by atoms with van der Waals surface area (Å²) in [6.07, 6.45) is 14.7. The SMILES string of the molecule is CO[C@H](C[C@@H](C)[C@@H](O)/C=C/C=C/CNC(=O)C(C)(C)[C@H](O)/C(C)=C/C=C/C=C/Cc1cnc(C)o1)[C@@]1(O)[C@H](C)C(=O)N(C)[C@]12C(=O)O[C@H]2C. The van der Waals surface area contributed by atoms with Crippen molar-refractivity contribution in [3.63, 3.8) is 0 Å². The molecule has 12 nitrogen and oxygen atoms in total. The first kappa shape index (κ1) is 39.6. The van der Waals surface area contributed by atoms with Crippen LogP contribution in [-0.2, 0) is 30.3 Å². The second-order valence-corrected chi connectivity index (χ2v) is 13.6. The summed E-state index contributed by atoms with van der Waals surface area (Å²) in [4.78, 5) is 43.9. The summed E-state index contributed by atoms with van der Waals surface area (Å²) in [5, 5.41) is 36.5. The molecule has 8 atom stereocenters. The minimum atomic E-state index is -1.86. The molecule has 0 unspecified atom stereocenters. The van der Waals surface area contributed by atoms with Gasteiger partial charge in [-0.25, -0.2) is 9.78 Å². The molecule has 0 aromatic carbocycles. The Bertz CT molecular complexity index is 1490. The molecule has 1 aromatic rings. The van der Waals surface area contributed by atoms with Gasteiger partial charge in [-0.3, -0.25) is 9.59 Å². The van der Waals surface area contributed by atoms with E-state index in [1.807, 2.05) is 18.2 Å². The van der Waals surface area contributed by atoms with Gasteiger partial charge in [0.25, 0.3) is 0 Å². The molecule has 12 heteroatoms. The number of likely N-dealkylation sites (N-methyl/N-ethyl adjacent to an activating group) is 1. The summed E-state index contributed by atoms with van der Waals surface area (Å²) in [5.74, 6) is -1.31. The molecule has 2 aliphatic rings. The number of esters is 1. The smallest absolute Gasteiger partial charge is 0.339 e. The standard InChI is InChI=1S/C37H53N3O9/c1-23(17-13-10-11-14-18-28-22-39-27(5)49-28)31(42)35(6,7)33(44)38-20-16-12-15-19-29(41)24(2)21-30(47-9)37(46)25(3)32(43)40(8)36(37)26(4)48-34(36)45/h10-17,19,22,24-26,29-31,41-42,46H,18,20-21H2,1-9H3,(H,38,44)/b13-10+,14-11+,16-12+,19-15+,23-17+/t24-,25-,26+,29+,30-,31-,36-,37+/m1/s1. The van der Waals surface area contributed by atoms with Gasteiger partial charge >= 0.3 is 5.97 Å². The van der Waals surface area contributed by atoms with Gasteiger partial charge in [0.05, 0.1) is 35.8 Å². The highest BCUT2D eigenvalue weighted by Crippen LogP contribution is 2.54. The van der Waals surface area contributed by atoms with E-state index in [2.05, 4.69) is 10.3 Å². The van der Waals surface area contributed by atoms with Gasteiger partial charge in [-0.15, -0.1) is 0 Å². The third kappa shape index (κ3) is 7.82. The Morgan fingerprint density at radius 3 is 2.43 bits per heavy atom. The fourth-order valence-corrected chi connectivity index (χ4v) is 6.76. The summed E-state index contributed by atoms with van der Waals surface area (Å²) in [7, 11) is 2.89. The number of aryl methyl sites for hydroxylation is 1. The third-order valence-corrected chi connectivity index (χ3v) is 9.97. The molecule has 3 rings (SSSR count). The Labute approximate surface area is 289 Å². The lowest BCUT2D eigenvalue weighted by molar-refractivity contribution is -0.255. The Balaban J connectivity index is 1.49. The maximum Gasteiger partial charge on any atom is 0.339 e. The van der Waals surface area contributed by atoms with Gasteiger partial charge in [0.1, 0.15) is 17.5 Å². The number of aliphatic hydroxyl groups is 3. The highest BCUT2D eigenvalue weighted by atomic mass is 16.6. The number of methoxy groups -OCH3 is 1. The number of ether oxygens (including phenoxy) is 2. The number of cyclic esters (lactones) is 1. The largest absolute Gasteiger partial charge is 0.457 e.